The Morgan fingerprint density at radius 1 is 1.61 bits per heavy atom. The van der Waals surface area contributed by atoms with E-state index in [1.54, 1.807) is 6.20 Å². The zero-order valence-corrected chi connectivity index (χ0v) is 10.5. The molecule has 3 N–H and O–H groups in total. The van der Waals surface area contributed by atoms with Gasteiger partial charge in [-0.25, -0.2) is 4.79 Å². The molecule has 1 heterocycles. The number of hydrogen-bond donors (Lipinski definition) is 3. The summed E-state index contributed by atoms with van der Waals surface area (Å²) in [6.45, 7) is 1.52. The Labute approximate surface area is 106 Å². The number of H-pyrrole nitrogens is 1. The molecule has 0 aliphatic heterocycles. The molecule has 2 rings (SSSR count). The molecule has 0 spiro atoms. The second-order valence-corrected chi connectivity index (χ2v) is 5.26. The van der Waals surface area contributed by atoms with Gasteiger partial charge in [0.15, 0.2) is 0 Å². The van der Waals surface area contributed by atoms with Gasteiger partial charge in [0.1, 0.15) is 5.69 Å². The Bertz CT molecular complexity index is 420. The zero-order chi connectivity index (χ0) is 13.2. The first-order valence-electron chi connectivity index (χ1n) is 6.11. The number of rotatable bonds is 6. The number of carboxylic acids is 1. The Morgan fingerprint density at radius 2 is 2.33 bits per heavy atom. The molecule has 1 fully saturated rings. The lowest BCUT2D eigenvalue weighted by Crippen LogP contribution is -2.43. The number of aliphatic hydroxyl groups is 1. The number of carbonyl (C=O) groups is 1. The van der Waals surface area contributed by atoms with Gasteiger partial charge in [-0.15, -0.1) is 0 Å². The minimum atomic E-state index is -0.989. The van der Waals surface area contributed by atoms with Crippen molar-refractivity contribution in [3.8, 4) is 0 Å². The van der Waals surface area contributed by atoms with Crippen LogP contribution in [-0.2, 0) is 6.54 Å². The number of aromatic nitrogens is 2. The average molecular weight is 253 g/mol. The zero-order valence-electron chi connectivity index (χ0n) is 10.5. The van der Waals surface area contributed by atoms with Gasteiger partial charge in [0.05, 0.1) is 6.20 Å². The molecule has 0 amide bonds. The maximum absolute atomic E-state index is 10.9. The third-order valence-corrected chi connectivity index (χ3v) is 3.73. The molecule has 0 saturated heterocycles. The molecule has 6 heteroatoms. The molecule has 1 aliphatic rings. The van der Waals surface area contributed by atoms with Gasteiger partial charge < -0.3 is 15.1 Å². The van der Waals surface area contributed by atoms with E-state index >= 15 is 0 Å². The van der Waals surface area contributed by atoms with Gasteiger partial charge in [0.25, 0.3) is 0 Å². The molecule has 1 aromatic rings. The number of nitrogens with one attached hydrogen (secondary N) is 1. The molecule has 0 atom stereocenters. The van der Waals surface area contributed by atoms with Crippen molar-refractivity contribution in [2.45, 2.75) is 25.8 Å². The Hall–Kier alpha value is -1.40. The van der Waals surface area contributed by atoms with Crippen LogP contribution in [0.15, 0.2) is 6.20 Å². The number of nitrogens with zero attached hydrogens (tertiary/aromatic N) is 2. The van der Waals surface area contributed by atoms with E-state index in [1.807, 2.05) is 11.9 Å². The minimum Gasteiger partial charge on any atom is -0.477 e. The molecule has 6 nitrogen and oxygen atoms in total. The lowest BCUT2D eigenvalue weighted by molar-refractivity contribution is 0.0126. The highest BCUT2D eigenvalue weighted by atomic mass is 16.4. The van der Waals surface area contributed by atoms with E-state index in [1.165, 1.54) is 6.42 Å². The largest absolute Gasteiger partial charge is 0.477 e. The number of aliphatic hydroxyl groups excluding tert-OH is 1. The fourth-order valence-corrected chi connectivity index (χ4v) is 2.58. The number of carboxylic acid groups (broad SMARTS) is 1. The van der Waals surface area contributed by atoms with Crippen molar-refractivity contribution < 1.29 is 15.0 Å². The van der Waals surface area contributed by atoms with E-state index in [-0.39, 0.29) is 17.7 Å². The predicted molar refractivity (Wildman–Crippen MR) is 65.3 cm³/mol. The molecule has 0 aromatic carbocycles. The van der Waals surface area contributed by atoms with Crippen LogP contribution in [0.1, 0.15) is 35.3 Å². The molecular formula is C12H19N3O3. The third-order valence-electron chi connectivity index (χ3n) is 3.73. The highest BCUT2D eigenvalue weighted by Crippen LogP contribution is 2.40. The monoisotopic (exact) mass is 253 g/mol. The second kappa shape index (κ2) is 5.07. The molecule has 0 bridgehead atoms. The summed E-state index contributed by atoms with van der Waals surface area (Å²) in [4.78, 5) is 13.0. The highest BCUT2D eigenvalue weighted by molar-refractivity contribution is 5.86. The molecule has 18 heavy (non-hydrogen) atoms. The lowest BCUT2D eigenvalue weighted by Gasteiger charge is -2.43. The number of aromatic carboxylic acids is 1. The topological polar surface area (TPSA) is 89.5 Å². The van der Waals surface area contributed by atoms with Gasteiger partial charge in [-0.05, 0) is 19.9 Å². The summed E-state index contributed by atoms with van der Waals surface area (Å²) < 4.78 is 0. The number of hydrogen-bond acceptors (Lipinski definition) is 4. The molecule has 1 aliphatic carbocycles. The van der Waals surface area contributed by atoms with E-state index in [0.717, 1.165) is 19.4 Å². The van der Waals surface area contributed by atoms with Crippen molar-refractivity contribution in [1.82, 2.24) is 15.1 Å². The van der Waals surface area contributed by atoms with Gasteiger partial charge >= 0.3 is 5.97 Å². The van der Waals surface area contributed by atoms with E-state index < -0.39 is 5.97 Å². The smallest absolute Gasteiger partial charge is 0.354 e. The van der Waals surface area contributed by atoms with E-state index in [9.17, 15) is 9.90 Å². The summed E-state index contributed by atoms with van der Waals surface area (Å²) in [6.07, 6.45) is 4.81. The Morgan fingerprint density at radius 3 is 2.83 bits per heavy atom. The average Bonchev–Trinajstić information content (AvgIpc) is 2.71. The quantitative estimate of drug-likeness (QED) is 0.694. The minimum absolute atomic E-state index is 0.0157. The van der Waals surface area contributed by atoms with E-state index in [4.69, 9.17) is 5.11 Å². The van der Waals surface area contributed by atoms with Crippen molar-refractivity contribution in [2.75, 3.05) is 20.2 Å². The molecule has 0 radical (unpaired) electrons. The van der Waals surface area contributed by atoms with Crippen LogP contribution >= 0.6 is 0 Å². The Balaban J connectivity index is 1.96. The standard InChI is InChI=1S/C12H19N3O3/c1-15(7-12(8-16)3-2-4-12)6-9-5-13-14-10(9)11(17)18/h5,16H,2-4,6-8H2,1H3,(H,13,14)(H,17,18). The van der Waals surface area contributed by atoms with Crippen LogP contribution in [0.5, 0.6) is 0 Å². The van der Waals surface area contributed by atoms with Gasteiger partial charge in [0, 0.05) is 30.7 Å². The maximum Gasteiger partial charge on any atom is 0.354 e. The summed E-state index contributed by atoms with van der Waals surface area (Å²) in [5, 5.41) is 24.6. The SMILES string of the molecule is CN(Cc1cn[nH]c1C(=O)O)CC1(CO)CCC1. The Kier molecular flexibility index (Phi) is 3.68. The van der Waals surface area contributed by atoms with E-state index in [2.05, 4.69) is 10.2 Å². The molecular weight excluding hydrogens is 234 g/mol. The fourth-order valence-electron chi connectivity index (χ4n) is 2.58. The maximum atomic E-state index is 10.9. The summed E-state index contributed by atoms with van der Waals surface area (Å²) in [7, 11) is 1.94. The first-order chi connectivity index (χ1) is 8.56. The fraction of sp³-hybridized carbons (Fsp3) is 0.667. The first-order valence-corrected chi connectivity index (χ1v) is 6.11. The van der Waals surface area contributed by atoms with Crippen LogP contribution in [-0.4, -0.2) is 51.5 Å². The van der Waals surface area contributed by atoms with Gasteiger partial charge in [-0.1, -0.05) is 6.42 Å². The van der Waals surface area contributed by atoms with Crippen molar-refractivity contribution in [1.29, 1.82) is 0 Å². The van der Waals surface area contributed by atoms with Crippen LogP contribution in [0, 0.1) is 5.41 Å². The van der Waals surface area contributed by atoms with Crippen LogP contribution in [0.4, 0.5) is 0 Å². The van der Waals surface area contributed by atoms with Crippen LogP contribution < -0.4 is 0 Å². The summed E-state index contributed by atoms with van der Waals surface area (Å²) in [6, 6.07) is 0. The normalized spacial score (nSPS) is 17.7. The first kappa shape index (κ1) is 13.0. The molecule has 1 saturated carbocycles. The van der Waals surface area contributed by atoms with Gasteiger partial charge in [-0.2, -0.15) is 5.10 Å². The lowest BCUT2D eigenvalue weighted by atomic mass is 9.69. The van der Waals surface area contributed by atoms with Crippen LogP contribution in [0.2, 0.25) is 0 Å². The summed E-state index contributed by atoms with van der Waals surface area (Å²) in [5.74, 6) is -0.989. The number of aromatic amines is 1. The van der Waals surface area contributed by atoms with Crippen molar-refractivity contribution in [2.24, 2.45) is 5.41 Å². The third kappa shape index (κ3) is 2.54. The van der Waals surface area contributed by atoms with E-state index in [0.29, 0.717) is 12.1 Å². The van der Waals surface area contributed by atoms with Crippen molar-refractivity contribution in [3.63, 3.8) is 0 Å². The summed E-state index contributed by atoms with van der Waals surface area (Å²) in [5.41, 5.74) is 0.841. The van der Waals surface area contributed by atoms with Gasteiger partial charge in [0.2, 0.25) is 0 Å². The van der Waals surface area contributed by atoms with Crippen molar-refractivity contribution in [3.05, 3.63) is 17.5 Å². The van der Waals surface area contributed by atoms with Crippen LogP contribution in [0.3, 0.4) is 0 Å². The highest BCUT2D eigenvalue weighted by Gasteiger charge is 2.37. The van der Waals surface area contributed by atoms with Crippen LogP contribution in [0.25, 0.3) is 0 Å². The second-order valence-electron chi connectivity index (χ2n) is 5.26. The molecule has 1 aromatic heterocycles. The van der Waals surface area contributed by atoms with Gasteiger partial charge in [-0.3, -0.25) is 5.10 Å². The molecule has 0 unspecified atom stereocenters. The summed E-state index contributed by atoms with van der Waals surface area (Å²) >= 11 is 0. The predicted octanol–water partition coefficient (Wildman–Crippen LogP) is 0.702. The van der Waals surface area contributed by atoms with Crippen molar-refractivity contribution >= 4 is 5.97 Å². The molecule has 100 valence electrons.